The van der Waals surface area contributed by atoms with E-state index in [1.807, 2.05) is 25.2 Å². The van der Waals surface area contributed by atoms with Crippen molar-refractivity contribution in [2.75, 3.05) is 38.2 Å². The fourth-order valence-electron chi connectivity index (χ4n) is 3.57. The van der Waals surface area contributed by atoms with Crippen molar-refractivity contribution in [2.45, 2.75) is 6.42 Å². The zero-order valence-corrected chi connectivity index (χ0v) is 16.4. The second-order valence-electron chi connectivity index (χ2n) is 7.25. The molecule has 1 fully saturated rings. The van der Waals surface area contributed by atoms with Crippen LogP contribution < -0.4 is 9.64 Å². The fourth-order valence-corrected chi connectivity index (χ4v) is 3.57. The molecule has 3 aromatic rings. The summed E-state index contributed by atoms with van der Waals surface area (Å²) in [7, 11) is 1.84. The summed E-state index contributed by atoms with van der Waals surface area (Å²) in [5.41, 5.74) is 2.08. The Balaban J connectivity index is 1.24. The normalized spacial score (nSPS) is 16.0. The number of nitrogens with zero attached hydrogens (tertiary/aromatic N) is 6. The molecule has 0 saturated carbocycles. The van der Waals surface area contributed by atoms with Crippen molar-refractivity contribution < 1.29 is 9.53 Å². The Morgan fingerprint density at radius 2 is 1.93 bits per heavy atom. The summed E-state index contributed by atoms with van der Waals surface area (Å²) < 4.78 is 7.21. The van der Waals surface area contributed by atoms with Crippen molar-refractivity contribution >= 4 is 11.6 Å². The lowest BCUT2D eigenvalue weighted by Crippen LogP contribution is -2.36. The van der Waals surface area contributed by atoms with E-state index in [4.69, 9.17) is 4.74 Å². The molecular formula is C21H24N6O2. The number of para-hydroxylation sites is 1. The van der Waals surface area contributed by atoms with Crippen LogP contribution in [0.25, 0.3) is 5.69 Å². The van der Waals surface area contributed by atoms with Crippen LogP contribution in [-0.4, -0.2) is 64.3 Å². The number of ether oxygens (including phenoxy) is 1. The first-order valence-electron chi connectivity index (χ1n) is 9.69. The lowest BCUT2D eigenvalue weighted by atomic mass is 10.1. The van der Waals surface area contributed by atoms with Gasteiger partial charge in [-0.1, -0.05) is 18.2 Å². The maximum Gasteiger partial charge on any atom is 0.260 e. The third-order valence-electron chi connectivity index (χ3n) is 5.18. The van der Waals surface area contributed by atoms with E-state index in [1.165, 1.54) is 12.0 Å². The van der Waals surface area contributed by atoms with Gasteiger partial charge in [0.1, 0.15) is 12.1 Å². The van der Waals surface area contributed by atoms with Crippen molar-refractivity contribution in [2.24, 2.45) is 5.92 Å². The minimum absolute atomic E-state index is 0.0206. The van der Waals surface area contributed by atoms with Crippen molar-refractivity contribution in [3.63, 3.8) is 0 Å². The van der Waals surface area contributed by atoms with Crippen LogP contribution in [-0.2, 0) is 4.79 Å². The summed E-state index contributed by atoms with van der Waals surface area (Å²) >= 11 is 0. The SMILES string of the molecule is CN(CC1CCN(c2ccccc2)C1)C(=O)COc1ccc(-n2cnnn2)cc1. The van der Waals surface area contributed by atoms with Gasteiger partial charge in [-0.05, 0) is 59.2 Å². The molecule has 1 amide bonds. The summed E-state index contributed by atoms with van der Waals surface area (Å²) in [5, 5.41) is 11.1. The Kier molecular flexibility index (Phi) is 5.69. The highest BCUT2D eigenvalue weighted by atomic mass is 16.5. The van der Waals surface area contributed by atoms with Gasteiger partial charge in [0, 0.05) is 32.4 Å². The molecule has 1 aliphatic rings. The number of carbonyl (C=O) groups excluding carboxylic acids is 1. The van der Waals surface area contributed by atoms with Gasteiger partial charge >= 0.3 is 0 Å². The number of benzene rings is 2. The maximum atomic E-state index is 12.5. The van der Waals surface area contributed by atoms with Crippen LogP contribution in [0.4, 0.5) is 5.69 Å². The first kappa shape index (κ1) is 18.9. The van der Waals surface area contributed by atoms with Crippen LogP contribution in [0, 0.1) is 5.92 Å². The second-order valence-corrected chi connectivity index (χ2v) is 7.25. The van der Waals surface area contributed by atoms with Gasteiger partial charge in [-0.25, -0.2) is 4.68 Å². The van der Waals surface area contributed by atoms with E-state index in [0.717, 1.165) is 31.7 Å². The molecular weight excluding hydrogens is 368 g/mol. The largest absolute Gasteiger partial charge is 0.484 e. The second kappa shape index (κ2) is 8.72. The molecule has 8 nitrogen and oxygen atoms in total. The molecule has 0 N–H and O–H groups in total. The van der Waals surface area contributed by atoms with Gasteiger partial charge in [-0.3, -0.25) is 4.79 Å². The molecule has 1 unspecified atom stereocenters. The van der Waals surface area contributed by atoms with Crippen molar-refractivity contribution in [3.8, 4) is 11.4 Å². The summed E-state index contributed by atoms with van der Waals surface area (Å²) in [6.45, 7) is 2.77. The van der Waals surface area contributed by atoms with Crippen molar-refractivity contribution in [1.82, 2.24) is 25.1 Å². The zero-order chi connectivity index (χ0) is 20.1. The zero-order valence-electron chi connectivity index (χ0n) is 16.4. The van der Waals surface area contributed by atoms with Crippen molar-refractivity contribution in [1.29, 1.82) is 0 Å². The van der Waals surface area contributed by atoms with Crippen LogP contribution in [0.2, 0.25) is 0 Å². The van der Waals surface area contributed by atoms with Gasteiger partial charge in [0.15, 0.2) is 6.61 Å². The number of hydrogen-bond acceptors (Lipinski definition) is 6. The summed E-state index contributed by atoms with van der Waals surface area (Å²) in [6, 6.07) is 17.7. The van der Waals surface area contributed by atoms with E-state index in [-0.39, 0.29) is 12.5 Å². The first-order valence-corrected chi connectivity index (χ1v) is 9.69. The highest BCUT2D eigenvalue weighted by Crippen LogP contribution is 2.24. The molecule has 1 aliphatic heterocycles. The van der Waals surface area contributed by atoms with Gasteiger partial charge in [0.25, 0.3) is 5.91 Å². The first-order chi connectivity index (χ1) is 14.2. The van der Waals surface area contributed by atoms with E-state index >= 15 is 0 Å². The van der Waals surface area contributed by atoms with Crippen LogP contribution >= 0.6 is 0 Å². The highest BCUT2D eigenvalue weighted by Gasteiger charge is 2.25. The standard InChI is InChI=1S/C21H24N6O2/c1-25(13-17-11-12-26(14-17)18-5-3-2-4-6-18)21(28)15-29-20-9-7-19(8-10-20)27-16-22-23-24-27/h2-10,16-17H,11-15H2,1H3. The third-order valence-corrected chi connectivity index (χ3v) is 5.18. The molecule has 4 rings (SSSR count). The number of amides is 1. The van der Waals surface area contributed by atoms with Gasteiger partial charge in [0.05, 0.1) is 5.69 Å². The fraction of sp³-hybridized carbons (Fsp3) is 0.333. The Labute approximate surface area is 169 Å². The molecule has 150 valence electrons. The molecule has 2 aromatic carbocycles. The summed E-state index contributed by atoms with van der Waals surface area (Å²) in [6.07, 6.45) is 2.61. The van der Waals surface area contributed by atoms with Crippen LogP contribution in [0.15, 0.2) is 60.9 Å². The van der Waals surface area contributed by atoms with Crippen LogP contribution in [0.3, 0.4) is 0 Å². The minimum atomic E-state index is -0.0206. The number of carbonyl (C=O) groups is 1. The Morgan fingerprint density at radius 3 is 2.66 bits per heavy atom. The number of tetrazole rings is 1. The molecule has 0 aliphatic carbocycles. The van der Waals surface area contributed by atoms with E-state index in [2.05, 4.69) is 44.7 Å². The van der Waals surface area contributed by atoms with Gasteiger partial charge < -0.3 is 14.5 Å². The Morgan fingerprint density at radius 1 is 1.14 bits per heavy atom. The van der Waals surface area contributed by atoms with Gasteiger partial charge in [-0.2, -0.15) is 0 Å². The van der Waals surface area contributed by atoms with Gasteiger partial charge in [-0.15, -0.1) is 5.10 Å². The summed E-state index contributed by atoms with van der Waals surface area (Å²) in [4.78, 5) is 16.6. The molecule has 0 radical (unpaired) electrons. The molecule has 2 heterocycles. The number of anilines is 1. The molecule has 8 heteroatoms. The summed E-state index contributed by atoms with van der Waals surface area (Å²) in [5.74, 6) is 1.09. The number of aromatic nitrogens is 4. The highest BCUT2D eigenvalue weighted by molar-refractivity contribution is 5.77. The number of likely N-dealkylation sites (N-methyl/N-ethyl adjacent to an activating group) is 1. The van der Waals surface area contributed by atoms with Gasteiger partial charge in [0.2, 0.25) is 0 Å². The third kappa shape index (κ3) is 4.71. The lowest BCUT2D eigenvalue weighted by Gasteiger charge is -2.22. The molecule has 1 saturated heterocycles. The molecule has 29 heavy (non-hydrogen) atoms. The topological polar surface area (TPSA) is 76.4 Å². The number of rotatable bonds is 7. The maximum absolute atomic E-state index is 12.5. The predicted molar refractivity (Wildman–Crippen MR) is 109 cm³/mol. The molecule has 1 atom stereocenters. The Hall–Kier alpha value is -3.42. The molecule has 1 aromatic heterocycles. The van der Waals surface area contributed by atoms with Crippen molar-refractivity contribution in [3.05, 3.63) is 60.9 Å². The smallest absolute Gasteiger partial charge is 0.260 e. The average Bonchev–Trinajstić information content (AvgIpc) is 3.45. The number of hydrogen-bond donors (Lipinski definition) is 0. The van der Waals surface area contributed by atoms with E-state index in [1.54, 1.807) is 21.7 Å². The van der Waals surface area contributed by atoms with Crippen LogP contribution in [0.1, 0.15) is 6.42 Å². The van der Waals surface area contributed by atoms with E-state index in [9.17, 15) is 4.79 Å². The van der Waals surface area contributed by atoms with Crippen LogP contribution in [0.5, 0.6) is 5.75 Å². The van der Waals surface area contributed by atoms with E-state index < -0.39 is 0 Å². The van der Waals surface area contributed by atoms with E-state index in [0.29, 0.717) is 11.7 Å². The molecule has 0 spiro atoms. The average molecular weight is 392 g/mol. The quantitative estimate of drug-likeness (QED) is 0.612. The molecule has 0 bridgehead atoms. The Bertz CT molecular complexity index is 914. The predicted octanol–water partition coefficient (Wildman–Crippen LogP) is 2.03. The lowest BCUT2D eigenvalue weighted by molar-refractivity contribution is -0.132. The minimum Gasteiger partial charge on any atom is -0.484 e. The monoisotopic (exact) mass is 392 g/mol.